The van der Waals surface area contributed by atoms with Crippen LogP contribution in [-0.4, -0.2) is 0 Å². The lowest BCUT2D eigenvalue weighted by Crippen LogP contribution is -2.17. The van der Waals surface area contributed by atoms with E-state index in [2.05, 4.69) is 157 Å². The van der Waals surface area contributed by atoms with Gasteiger partial charge in [-0.15, -0.1) is 22.7 Å². The molecule has 4 heteroatoms. The van der Waals surface area contributed by atoms with E-state index < -0.39 is 0 Å². The minimum absolute atomic E-state index is 0.551. The predicted octanol–water partition coefficient (Wildman–Crippen LogP) is 14.7. The Labute approximate surface area is 319 Å². The summed E-state index contributed by atoms with van der Waals surface area (Å²) in [6.45, 7) is 6.12. The molecule has 8 aromatic rings. The number of fused-ring (bicyclic) bond motifs is 4. The lowest BCUT2D eigenvalue weighted by atomic mass is 9.98. The molecule has 0 aliphatic heterocycles. The second-order valence-corrected chi connectivity index (χ2v) is 15.2. The Balaban J connectivity index is 0.000000515. The van der Waals surface area contributed by atoms with Crippen molar-refractivity contribution in [2.45, 2.75) is 13.3 Å². The maximum absolute atomic E-state index is 5.36. The van der Waals surface area contributed by atoms with Crippen molar-refractivity contribution in [3.8, 4) is 22.3 Å². The van der Waals surface area contributed by atoms with Crippen LogP contribution in [0.3, 0.4) is 0 Å². The number of para-hydroxylation sites is 1. The van der Waals surface area contributed by atoms with E-state index in [9.17, 15) is 0 Å². The average molecular weight is 721 g/mol. The molecule has 258 valence electrons. The van der Waals surface area contributed by atoms with Crippen molar-refractivity contribution in [1.29, 1.82) is 0 Å². The van der Waals surface area contributed by atoms with Gasteiger partial charge in [0.2, 0.25) is 0 Å². The summed E-state index contributed by atoms with van der Waals surface area (Å²) in [5.41, 5.74) is 16.0. The number of benzene rings is 6. The minimum atomic E-state index is 0.551. The first-order valence-corrected chi connectivity index (χ1v) is 19.7. The molecule has 0 bridgehead atoms. The molecule has 1 aliphatic carbocycles. The number of hydrogen-bond donors (Lipinski definition) is 1. The summed E-state index contributed by atoms with van der Waals surface area (Å²) < 4.78 is 3.98. The number of allylic oxidation sites excluding steroid dienone is 5. The van der Waals surface area contributed by atoms with Gasteiger partial charge in [0, 0.05) is 42.6 Å². The Morgan fingerprint density at radius 1 is 0.698 bits per heavy atom. The van der Waals surface area contributed by atoms with Gasteiger partial charge in [0.25, 0.3) is 0 Å². The molecule has 2 heterocycles. The predicted molar refractivity (Wildman–Crippen MR) is 235 cm³/mol. The second kappa shape index (κ2) is 15.3. The van der Waals surface area contributed by atoms with Crippen molar-refractivity contribution >= 4 is 76.1 Å². The van der Waals surface area contributed by atoms with Crippen molar-refractivity contribution in [3.05, 3.63) is 193 Å². The van der Waals surface area contributed by atoms with Crippen LogP contribution in [0.15, 0.2) is 188 Å². The molecule has 2 aromatic heterocycles. The highest BCUT2D eigenvalue weighted by molar-refractivity contribution is 7.26. The molecule has 0 fully saturated rings. The molecule has 0 amide bonds. The van der Waals surface area contributed by atoms with Gasteiger partial charge >= 0.3 is 0 Å². The maximum Gasteiger partial charge on any atom is 0.0640 e. The SMILES string of the molecule is C=C/C=C\c1csc2c(N(C3=CCC(C)C=C3)c3ccc(-c4ccc(-c5cccc6c5sc5ccccc56)cc4)cc3)cccc12.Nc1ccccc1. The Morgan fingerprint density at radius 3 is 2.09 bits per heavy atom. The molecule has 1 aliphatic rings. The summed E-state index contributed by atoms with van der Waals surface area (Å²) in [5.74, 6) is 0.551. The summed E-state index contributed by atoms with van der Waals surface area (Å²) in [6, 6.07) is 49.6. The molecule has 2 nitrogen and oxygen atoms in total. The van der Waals surface area contributed by atoms with Gasteiger partial charge in [0.15, 0.2) is 0 Å². The standard InChI is InChI=1S/C43H33NS2.C6H7N/c1-3-4-9-33-28-45-43-37(33)12-8-14-40(43)44(34-24-16-29(2)17-25-34)35-26-22-31(23-27-35)30-18-20-32(21-19-30)36-11-7-13-39-38-10-5-6-15-41(38)46-42(36)39;7-6-4-2-1-3-5-6/h3-16,18-29H,1,17H2,2H3;1-5H,7H2/b9-4-;. The summed E-state index contributed by atoms with van der Waals surface area (Å²) in [4.78, 5) is 2.42. The Hall–Kier alpha value is -5.94. The Bertz CT molecular complexity index is 2620. The number of hydrogen-bond acceptors (Lipinski definition) is 4. The molecule has 0 spiro atoms. The van der Waals surface area contributed by atoms with E-state index in [0.29, 0.717) is 5.92 Å². The van der Waals surface area contributed by atoms with Crippen molar-refractivity contribution < 1.29 is 0 Å². The van der Waals surface area contributed by atoms with Crippen LogP contribution in [0.5, 0.6) is 0 Å². The van der Waals surface area contributed by atoms with E-state index in [-0.39, 0.29) is 0 Å². The lowest BCUT2D eigenvalue weighted by Gasteiger charge is -2.29. The molecule has 1 unspecified atom stereocenters. The molecule has 0 saturated heterocycles. The van der Waals surface area contributed by atoms with Crippen LogP contribution in [0.4, 0.5) is 17.1 Å². The summed E-state index contributed by atoms with van der Waals surface area (Å²) in [5, 5.41) is 6.18. The first-order valence-electron chi connectivity index (χ1n) is 18.0. The van der Waals surface area contributed by atoms with Crippen LogP contribution in [-0.2, 0) is 0 Å². The number of thiophene rings is 2. The van der Waals surface area contributed by atoms with E-state index >= 15 is 0 Å². The number of nitrogens with zero attached hydrogens (tertiary/aromatic N) is 1. The summed E-state index contributed by atoms with van der Waals surface area (Å²) in [7, 11) is 0. The third kappa shape index (κ3) is 7.12. The van der Waals surface area contributed by atoms with E-state index in [0.717, 1.165) is 17.8 Å². The summed E-state index contributed by atoms with van der Waals surface area (Å²) >= 11 is 3.68. The maximum atomic E-state index is 5.36. The van der Waals surface area contributed by atoms with E-state index in [1.165, 1.54) is 69.5 Å². The number of nitrogens with two attached hydrogens (primary N) is 1. The van der Waals surface area contributed by atoms with Crippen molar-refractivity contribution in [2.24, 2.45) is 5.92 Å². The molecule has 0 radical (unpaired) electrons. The zero-order chi connectivity index (χ0) is 36.1. The molecule has 53 heavy (non-hydrogen) atoms. The number of anilines is 3. The third-order valence-corrected chi connectivity index (χ3v) is 11.9. The van der Waals surface area contributed by atoms with Gasteiger partial charge in [-0.05, 0) is 88.0 Å². The Morgan fingerprint density at radius 2 is 1.38 bits per heavy atom. The van der Waals surface area contributed by atoms with Gasteiger partial charge in [-0.25, -0.2) is 0 Å². The second-order valence-electron chi connectivity index (χ2n) is 13.3. The number of nitrogen functional groups attached to an aromatic ring is 1. The third-order valence-electron chi connectivity index (χ3n) is 9.67. The fourth-order valence-corrected chi connectivity index (χ4v) is 9.20. The molecule has 9 rings (SSSR count). The largest absolute Gasteiger partial charge is 0.399 e. The molecule has 1 atom stereocenters. The zero-order valence-corrected chi connectivity index (χ0v) is 31.3. The fraction of sp³-hybridized carbons (Fsp3) is 0.0612. The molecular formula is C49H40N2S2. The van der Waals surface area contributed by atoms with Gasteiger partial charge in [0.1, 0.15) is 0 Å². The van der Waals surface area contributed by atoms with Gasteiger partial charge < -0.3 is 10.6 Å². The summed E-state index contributed by atoms with van der Waals surface area (Å²) in [6.07, 6.45) is 14.0. The quantitative estimate of drug-likeness (QED) is 0.131. The highest BCUT2D eigenvalue weighted by atomic mass is 32.1. The van der Waals surface area contributed by atoms with Gasteiger partial charge in [0.05, 0.1) is 10.4 Å². The van der Waals surface area contributed by atoms with Crippen LogP contribution < -0.4 is 10.6 Å². The first-order chi connectivity index (χ1) is 26.1. The fourth-order valence-electron chi connectivity index (χ4n) is 6.92. The number of rotatable bonds is 7. The van der Waals surface area contributed by atoms with E-state index in [1.807, 2.05) is 53.8 Å². The van der Waals surface area contributed by atoms with E-state index in [4.69, 9.17) is 5.73 Å². The normalized spacial score (nSPS) is 14.0. The molecular weight excluding hydrogens is 681 g/mol. The van der Waals surface area contributed by atoms with E-state index in [1.54, 1.807) is 11.3 Å². The van der Waals surface area contributed by atoms with Crippen LogP contribution in [0.2, 0.25) is 0 Å². The van der Waals surface area contributed by atoms with Gasteiger partial charge in [-0.3, -0.25) is 0 Å². The van der Waals surface area contributed by atoms with Crippen LogP contribution >= 0.6 is 22.7 Å². The first kappa shape index (κ1) is 34.2. The Kier molecular flexibility index (Phi) is 9.89. The molecule has 2 N–H and O–H groups in total. The van der Waals surface area contributed by atoms with Crippen LogP contribution in [0, 0.1) is 5.92 Å². The topological polar surface area (TPSA) is 29.3 Å². The monoisotopic (exact) mass is 720 g/mol. The molecule has 0 saturated carbocycles. The van der Waals surface area contributed by atoms with Crippen LogP contribution in [0.25, 0.3) is 58.6 Å². The van der Waals surface area contributed by atoms with Crippen LogP contribution in [0.1, 0.15) is 18.9 Å². The highest BCUT2D eigenvalue weighted by Gasteiger charge is 2.20. The van der Waals surface area contributed by atoms with Crippen molar-refractivity contribution in [1.82, 2.24) is 0 Å². The highest BCUT2D eigenvalue weighted by Crippen LogP contribution is 2.43. The lowest BCUT2D eigenvalue weighted by molar-refractivity contribution is 0.728. The van der Waals surface area contributed by atoms with Gasteiger partial charge in [-0.2, -0.15) is 0 Å². The zero-order valence-electron chi connectivity index (χ0n) is 29.7. The average Bonchev–Trinajstić information content (AvgIpc) is 3.81. The van der Waals surface area contributed by atoms with Gasteiger partial charge in [-0.1, -0.05) is 147 Å². The minimum Gasteiger partial charge on any atom is -0.399 e. The molecule has 6 aromatic carbocycles. The smallest absolute Gasteiger partial charge is 0.0640 e. The van der Waals surface area contributed by atoms with Crippen molar-refractivity contribution in [2.75, 3.05) is 10.6 Å². The van der Waals surface area contributed by atoms with Crippen molar-refractivity contribution in [3.63, 3.8) is 0 Å².